The van der Waals surface area contributed by atoms with Crippen molar-refractivity contribution in [1.29, 1.82) is 0 Å². The van der Waals surface area contributed by atoms with Gasteiger partial charge in [0.25, 0.3) is 11.5 Å². The topological polar surface area (TPSA) is 84.2 Å². The van der Waals surface area contributed by atoms with Crippen molar-refractivity contribution >= 4 is 5.91 Å². The van der Waals surface area contributed by atoms with E-state index in [1.165, 1.54) is 16.8 Å². The summed E-state index contributed by atoms with van der Waals surface area (Å²) in [7, 11) is 0. The minimum absolute atomic E-state index is 0.188. The van der Waals surface area contributed by atoms with Crippen LogP contribution in [0.4, 0.5) is 0 Å². The highest BCUT2D eigenvalue weighted by Gasteiger charge is 2.16. The van der Waals surface area contributed by atoms with Gasteiger partial charge < -0.3 is 10.4 Å². The molecule has 2 atom stereocenters. The zero-order chi connectivity index (χ0) is 16.8. The molecule has 23 heavy (non-hydrogen) atoms. The number of aliphatic hydroxyl groups is 1. The molecule has 0 saturated carbocycles. The molecule has 122 valence electrons. The van der Waals surface area contributed by atoms with Crippen LogP contribution in [0.25, 0.3) is 0 Å². The molecule has 0 aliphatic carbocycles. The molecule has 2 aromatic rings. The molecule has 1 amide bonds. The lowest BCUT2D eigenvalue weighted by Crippen LogP contribution is -2.35. The summed E-state index contributed by atoms with van der Waals surface area (Å²) in [6, 6.07) is 11.8. The van der Waals surface area contributed by atoms with Gasteiger partial charge in [-0.25, -0.2) is 4.68 Å². The van der Waals surface area contributed by atoms with Crippen LogP contribution in [-0.2, 0) is 6.54 Å². The highest BCUT2D eigenvalue weighted by atomic mass is 16.3. The van der Waals surface area contributed by atoms with Gasteiger partial charge in [-0.05, 0) is 31.9 Å². The fourth-order valence-corrected chi connectivity index (χ4v) is 2.30. The molecule has 0 spiro atoms. The Morgan fingerprint density at radius 2 is 1.96 bits per heavy atom. The van der Waals surface area contributed by atoms with Crippen molar-refractivity contribution in [3.63, 3.8) is 0 Å². The lowest BCUT2D eigenvalue weighted by Gasteiger charge is -2.18. The summed E-state index contributed by atoms with van der Waals surface area (Å²) < 4.78 is 1.23. The Kier molecular flexibility index (Phi) is 5.65. The van der Waals surface area contributed by atoms with Crippen LogP contribution in [-0.4, -0.2) is 26.8 Å². The molecule has 0 fully saturated rings. The summed E-state index contributed by atoms with van der Waals surface area (Å²) in [5.74, 6) is -0.361. The number of aliphatic hydroxyl groups excluding tert-OH is 1. The maximum atomic E-state index is 12.2. The Balaban J connectivity index is 1.98. The third-order valence-corrected chi connectivity index (χ3v) is 3.54. The second-order valence-corrected chi connectivity index (χ2v) is 5.41. The van der Waals surface area contributed by atoms with Gasteiger partial charge in [-0.3, -0.25) is 9.59 Å². The second kappa shape index (κ2) is 7.69. The minimum Gasteiger partial charge on any atom is -0.388 e. The van der Waals surface area contributed by atoms with E-state index in [9.17, 15) is 14.7 Å². The average molecular weight is 315 g/mol. The summed E-state index contributed by atoms with van der Waals surface area (Å²) in [6.45, 7) is 4.01. The summed E-state index contributed by atoms with van der Waals surface area (Å²) in [6.07, 6.45) is -0.257. The number of rotatable bonds is 6. The fourth-order valence-electron chi connectivity index (χ4n) is 2.30. The van der Waals surface area contributed by atoms with Gasteiger partial charge in [-0.15, -0.1) is 0 Å². The molecule has 6 heteroatoms. The second-order valence-electron chi connectivity index (χ2n) is 5.41. The van der Waals surface area contributed by atoms with E-state index in [-0.39, 0.29) is 23.2 Å². The summed E-state index contributed by atoms with van der Waals surface area (Å²) in [4.78, 5) is 23.7. The van der Waals surface area contributed by atoms with Gasteiger partial charge in [-0.2, -0.15) is 5.10 Å². The molecular formula is C17H21N3O3. The van der Waals surface area contributed by atoms with Gasteiger partial charge in [0, 0.05) is 18.7 Å². The number of aryl methyl sites for hydroxylation is 1. The molecular weight excluding hydrogens is 294 g/mol. The summed E-state index contributed by atoms with van der Waals surface area (Å²) in [5.41, 5.74) is 0.760. The molecule has 6 nitrogen and oxygen atoms in total. The minimum atomic E-state index is -0.649. The lowest BCUT2D eigenvalue weighted by atomic mass is 10.0. The number of aromatic nitrogens is 2. The SMILES string of the molecule is CCn1nc(C(=O)NC(C)CC(O)c2ccccc2)ccc1=O. The van der Waals surface area contributed by atoms with E-state index in [2.05, 4.69) is 10.4 Å². The van der Waals surface area contributed by atoms with Crippen molar-refractivity contribution in [2.75, 3.05) is 0 Å². The van der Waals surface area contributed by atoms with E-state index in [1.807, 2.05) is 37.3 Å². The van der Waals surface area contributed by atoms with Crippen LogP contribution < -0.4 is 10.9 Å². The van der Waals surface area contributed by atoms with Crippen LogP contribution in [0.3, 0.4) is 0 Å². The molecule has 1 heterocycles. The van der Waals surface area contributed by atoms with E-state index in [0.29, 0.717) is 13.0 Å². The number of benzene rings is 1. The third kappa shape index (κ3) is 4.50. The van der Waals surface area contributed by atoms with Crippen molar-refractivity contribution in [2.24, 2.45) is 0 Å². The number of hydrogen-bond acceptors (Lipinski definition) is 4. The molecule has 2 N–H and O–H groups in total. The smallest absolute Gasteiger partial charge is 0.271 e. The monoisotopic (exact) mass is 315 g/mol. The first kappa shape index (κ1) is 16.9. The first-order chi connectivity index (χ1) is 11.0. The molecule has 2 unspecified atom stereocenters. The number of nitrogens with zero attached hydrogens (tertiary/aromatic N) is 2. The Labute approximate surface area is 134 Å². The number of hydrogen-bond donors (Lipinski definition) is 2. The molecule has 0 aliphatic heterocycles. The molecule has 0 radical (unpaired) electrons. The largest absolute Gasteiger partial charge is 0.388 e. The van der Waals surface area contributed by atoms with Crippen LogP contribution in [0.5, 0.6) is 0 Å². The first-order valence-corrected chi connectivity index (χ1v) is 7.63. The van der Waals surface area contributed by atoms with E-state index >= 15 is 0 Å². The van der Waals surface area contributed by atoms with Crippen molar-refractivity contribution in [3.8, 4) is 0 Å². The maximum Gasteiger partial charge on any atom is 0.271 e. The van der Waals surface area contributed by atoms with Gasteiger partial charge in [0.15, 0.2) is 0 Å². The van der Waals surface area contributed by atoms with Crippen molar-refractivity contribution in [2.45, 2.75) is 39.0 Å². The number of nitrogens with one attached hydrogen (secondary N) is 1. The Bertz CT molecular complexity index is 713. The molecule has 0 saturated heterocycles. The highest BCUT2D eigenvalue weighted by molar-refractivity contribution is 5.92. The average Bonchev–Trinajstić information content (AvgIpc) is 2.55. The van der Waals surface area contributed by atoms with Crippen molar-refractivity contribution < 1.29 is 9.90 Å². The van der Waals surface area contributed by atoms with Crippen LogP contribution in [0.15, 0.2) is 47.3 Å². The summed E-state index contributed by atoms with van der Waals surface area (Å²) >= 11 is 0. The number of carbonyl (C=O) groups excluding carboxylic acids is 1. The van der Waals surface area contributed by atoms with E-state index in [0.717, 1.165) is 5.56 Å². The molecule has 0 aliphatic rings. The van der Waals surface area contributed by atoms with Gasteiger partial charge in [0.05, 0.1) is 6.10 Å². The van der Waals surface area contributed by atoms with Crippen molar-refractivity contribution in [1.82, 2.24) is 15.1 Å². The fraction of sp³-hybridized carbons (Fsp3) is 0.353. The standard InChI is InChI=1S/C17H21N3O3/c1-3-20-16(22)10-9-14(19-20)17(23)18-12(2)11-15(21)13-7-5-4-6-8-13/h4-10,12,15,21H,3,11H2,1-2H3,(H,18,23). The Morgan fingerprint density at radius 1 is 1.26 bits per heavy atom. The van der Waals surface area contributed by atoms with Crippen LogP contribution in [0.1, 0.15) is 42.4 Å². The normalized spacial score (nSPS) is 13.3. The quantitative estimate of drug-likeness (QED) is 0.846. The molecule has 1 aromatic carbocycles. The maximum absolute atomic E-state index is 12.2. The third-order valence-electron chi connectivity index (χ3n) is 3.54. The van der Waals surface area contributed by atoms with Gasteiger partial charge in [-0.1, -0.05) is 30.3 Å². The predicted octanol–water partition coefficient (Wildman–Crippen LogP) is 1.51. The van der Waals surface area contributed by atoms with E-state index in [4.69, 9.17) is 0 Å². The van der Waals surface area contributed by atoms with Gasteiger partial charge in [0.2, 0.25) is 0 Å². The molecule has 1 aromatic heterocycles. The van der Waals surface area contributed by atoms with Crippen LogP contribution in [0, 0.1) is 0 Å². The summed E-state index contributed by atoms with van der Waals surface area (Å²) in [5, 5.41) is 17.0. The number of amides is 1. The Hall–Kier alpha value is -2.47. The molecule has 2 rings (SSSR count). The van der Waals surface area contributed by atoms with Gasteiger partial charge >= 0.3 is 0 Å². The van der Waals surface area contributed by atoms with Crippen molar-refractivity contribution in [3.05, 3.63) is 64.1 Å². The zero-order valence-corrected chi connectivity index (χ0v) is 13.3. The zero-order valence-electron chi connectivity index (χ0n) is 13.3. The highest BCUT2D eigenvalue weighted by Crippen LogP contribution is 2.17. The molecule has 0 bridgehead atoms. The Morgan fingerprint density at radius 3 is 2.61 bits per heavy atom. The van der Waals surface area contributed by atoms with E-state index < -0.39 is 6.10 Å². The van der Waals surface area contributed by atoms with Gasteiger partial charge in [0.1, 0.15) is 5.69 Å². The van der Waals surface area contributed by atoms with Crippen LogP contribution in [0.2, 0.25) is 0 Å². The lowest BCUT2D eigenvalue weighted by molar-refractivity contribution is 0.0909. The first-order valence-electron chi connectivity index (χ1n) is 7.63. The predicted molar refractivity (Wildman–Crippen MR) is 87.1 cm³/mol. The van der Waals surface area contributed by atoms with E-state index in [1.54, 1.807) is 6.92 Å². The number of carbonyl (C=O) groups is 1. The van der Waals surface area contributed by atoms with Crippen LogP contribution >= 0.6 is 0 Å².